The lowest BCUT2D eigenvalue weighted by Gasteiger charge is -2.45. The van der Waals surface area contributed by atoms with Crippen LogP contribution in [0.4, 0.5) is 5.82 Å². The number of hydrogen-bond acceptors (Lipinski definition) is 9. The van der Waals surface area contributed by atoms with Crippen LogP contribution in [0.2, 0.25) is 0 Å². The molecule has 2 N–H and O–H groups in total. The molecular formula is C23H25N7OS. The van der Waals surface area contributed by atoms with E-state index in [1.165, 1.54) is 24.2 Å². The van der Waals surface area contributed by atoms with Crippen molar-refractivity contribution in [1.29, 1.82) is 5.26 Å². The predicted octanol–water partition coefficient (Wildman–Crippen LogP) is 3.74. The first-order valence-corrected chi connectivity index (χ1v) is 11.5. The molecule has 3 aromatic rings. The number of nitrogens with one attached hydrogen (secondary N) is 1. The number of aromatic hydroxyl groups is 1. The van der Waals surface area contributed by atoms with Crippen molar-refractivity contribution in [2.45, 2.75) is 56.7 Å². The first-order valence-electron chi connectivity index (χ1n) is 10.7. The Balaban J connectivity index is 1.35. The fourth-order valence-electron chi connectivity index (χ4n) is 5.17. The van der Waals surface area contributed by atoms with Crippen LogP contribution in [0.1, 0.15) is 44.5 Å². The van der Waals surface area contributed by atoms with Gasteiger partial charge in [0.2, 0.25) is 0 Å². The van der Waals surface area contributed by atoms with E-state index in [0.29, 0.717) is 22.4 Å². The van der Waals surface area contributed by atoms with Crippen LogP contribution >= 0.6 is 11.3 Å². The molecule has 0 saturated carbocycles. The van der Waals surface area contributed by atoms with Crippen LogP contribution in [0.5, 0.6) is 5.75 Å². The number of thiazole rings is 1. The molecule has 32 heavy (non-hydrogen) atoms. The summed E-state index contributed by atoms with van der Waals surface area (Å²) in [5.74, 6) is 1.17. The quantitative estimate of drug-likeness (QED) is 0.622. The summed E-state index contributed by atoms with van der Waals surface area (Å²) >= 11 is 1.28. The molecule has 164 valence electrons. The normalized spacial score (nSPS) is 26.6. The minimum Gasteiger partial charge on any atom is -0.507 e. The summed E-state index contributed by atoms with van der Waals surface area (Å²) in [6, 6.07) is 7.67. The second-order valence-electron chi connectivity index (χ2n) is 9.43. The molecule has 0 spiro atoms. The molecule has 1 unspecified atom stereocenters. The number of benzene rings is 1. The van der Waals surface area contributed by atoms with Crippen molar-refractivity contribution >= 4 is 17.2 Å². The fraction of sp³-hybridized carbons (Fsp3) is 0.435. The summed E-state index contributed by atoms with van der Waals surface area (Å²) < 4.78 is 0. The first-order chi connectivity index (χ1) is 15.3. The molecule has 2 saturated heterocycles. The zero-order chi connectivity index (χ0) is 22.5. The molecular weight excluding hydrogens is 422 g/mol. The molecule has 0 aliphatic carbocycles. The van der Waals surface area contributed by atoms with E-state index in [0.717, 1.165) is 29.1 Å². The van der Waals surface area contributed by atoms with Crippen molar-refractivity contribution in [2.24, 2.45) is 0 Å². The zero-order valence-electron chi connectivity index (χ0n) is 18.3. The zero-order valence-corrected chi connectivity index (χ0v) is 19.1. The van der Waals surface area contributed by atoms with Crippen LogP contribution in [0.3, 0.4) is 0 Å². The fourth-order valence-corrected chi connectivity index (χ4v) is 5.88. The summed E-state index contributed by atoms with van der Waals surface area (Å²) in [5, 5.41) is 32.5. The molecule has 9 heteroatoms. The van der Waals surface area contributed by atoms with Crippen LogP contribution in [-0.4, -0.2) is 49.4 Å². The van der Waals surface area contributed by atoms with E-state index in [1.807, 2.05) is 12.1 Å². The Hall–Kier alpha value is -3.09. The van der Waals surface area contributed by atoms with Gasteiger partial charge in [-0.1, -0.05) is 6.07 Å². The smallest absolute Gasteiger partial charge is 0.194 e. The van der Waals surface area contributed by atoms with Gasteiger partial charge in [0.05, 0.1) is 16.6 Å². The standard InChI is InChI=1S/C23H25N7OS/c1-22-6-7-23(2,29-22)10-15(9-22)30(3)19-13-26-21(28-27-19)16-5-4-14(8-17(16)31)18-12-25-20(11-24)32-18/h4-5,8,12-13,15,29,31H,6-7,9-10H2,1-3H3/t15?,22-,23+. The number of anilines is 1. The minimum absolute atomic E-state index is 0.0630. The number of phenolic OH excluding ortho intramolecular Hbond substituents is 1. The van der Waals surface area contributed by atoms with E-state index in [1.54, 1.807) is 24.5 Å². The van der Waals surface area contributed by atoms with Gasteiger partial charge in [0.1, 0.15) is 11.8 Å². The van der Waals surface area contributed by atoms with Crippen molar-refractivity contribution in [3.63, 3.8) is 0 Å². The highest BCUT2D eigenvalue weighted by atomic mass is 32.1. The van der Waals surface area contributed by atoms with Gasteiger partial charge < -0.3 is 15.3 Å². The van der Waals surface area contributed by atoms with Crippen molar-refractivity contribution in [2.75, 3.05) is 11.9 Å². The van der Waals surface area contributed by atoms with E-state index < -0.39 is 0 Å². The lowest BCUT2D eigenvalue weighted by molar-refractivity contribution is 0.207. The van der Waals surface area contributed by atoms with E-state index in [9.17, 15) is 5.11 Å². The van der Waals surface area contributed by atoms with Crippen LogP contribution in [-0.2, 0) is 0 Å². The lowest BCUT2D eigenvalue weighted by Crippen LogP contribution is -2.58. The highest BCUT2D eigenvalue weighted by molar-refractivity contribution is 7.15. The number of aromatic nitrogens is 4. The number of piperidine rings is 1. The number of fused-ring (bicyclic) bond motifs is 2. The van der Waals surface area contributed by atoms with Crippen molar-refractivity contribution in [1.82, 2.24) is 25.5 Å². The van der Waals surface area contributed by atoms with Crippen molar-refractivity contribution in [3.05, 3.63) is 35.6 Å². The number of nitriles is 1. The summed E-state index contributed by atoms with van der Waals surface area (Å²) in [7, 11) is 2.06. The molecule has 5 rings (SSSR count). The molecule has 2 aliphatic rings. The van der Waals surface area contributed by atoms with Gasteiger partial charge >= 0.3 is 0 Å². The number of hydrogen-bond donors (Lipinski definition) is 2. The minimum atomic E-state index is 0.0630. The maximum absolute atomic E-state index is 10.6. The number of phenols is 1. The predicted molar refractivity (Wildman–Crippen MR) is 123 cm³/mol. The Morgan fingerprint density at radius 2 is 1.91 bits per heavy atom. The van der Waals surface area contributed by atoms with Gasteiger partial charge in [-0.25, -0.2) is 9.97 Å². The average molecular weight is 448 g/mol. The third-order valence-corrected chi connectivity index (χ3v) is 7.74. The number of rotatable bonds is 4. The van der Waals surface area contributed by atoms with E-state index in [2.05, 4.69) is 51.3 Å². The molecule has 0 radical (unpaired) electrons. The SMILES string of the molecule is CN(c1cnc(-c2ccc(-c3cnc(C#N)s3)cc2O)nn1)C1C[C@]2(C)CC[C@](C)(C1)N2. The van der Waals surface area contributed by atoms with E-state index in [-0.39, 0.29) is 16.8 Å². The summed E-state index contributed by atoms with van der Waals surface area (Å²) in [4.78, 5) is 11.5. The highest BCUT2D eigenvalue weighted by Crippen LogP contribution is 2.43. The molecule has 2 bridgehead atoms. The summed E-state index contributed by atoms with van der Waals surface area (Å²) in [6.45, 7) is 4.62. The Bertz CT molecular complexity index is 1190. The number of nitrogens with zero attached hydrogens (tertiary/aromatic N) is 6. The highest BCUT2D eigenvalue weighted by Gasteiger charge is 2.49. The van der Waals surface area contributed by atoms with Crippen molar-refractivity contribution in [3.8, 4) is 33.6 Å². The lowest BCUT2D eigenvalue weighted by atomic mass is 9.84. The van der Waals surface area contributed by atoms with E-state index in [4.69, 9.17) is 5.26 Å². The third kappa shape index (κ3) is 3.70. The van der Waals surface area contributed by atoms with Gasteiger partial charge in [-0.3, -0.25) is 0 Å². The maximum Gasteiger partial charge on any atom is 0.194 e. The van der Waals surface area contributed by atoms with Gasteiger partial charge in [0.15, 0.2) is 16.6 Å². The second kappa shape index (κ2) is 7.50. The molecule has 4 heterocycles. The van der Waals surface area contributed by atoms with E-state index >= 15 is 0 Å². The molecule has 3 atom stereocenters. The largest absolute Gasteiger partial charge is 0.507 e. The van der Waals surface area contributed by atoms with Crippen LogP contribution in [0.25, 0.3) is 21.8 Å². The Labute approximate surface area is 191 Å². The molecule has 2 fully saturated rings. The molecule has 2 aliphatic heterocycles. The van der Waals surface area contributed by atoms with Crippen LogP contribution < -0.4 is 10.2 Å². The van der Waals surface area contributed by atoms with Gasteiger partial charge in [-0.2, -0.15) is 5.26 Å². The van der Waals surface area contributed by atoms with Gasteiger partial charge in [0.25, 0.3) is 0 Å². The maximum atomic E-state index is 10.6. The van der Waals surface area contributed by atoms with Crippen LogP contribution in [0, 0.1) is 11.3 Å². The topological polar surface area (TPSA) is 111 Å². The summed E-state index contributed by atoms with van der Waals surface area (Å²) in [6.07, 6.45) is 7.89. The second-order valence-corrected chi connectivity index (χ2v) is 10.5. The Kier molecular flexibility index (Phi) is 4.87. The Morgan fingerprint density at radius 3 is 2.50 bits per heavy atom. The van der Waals surface area contributed by atoms with Gasteiger partial charge in [-0.15, -0.1) is 21.5 Å². The average Bonchev–Trinajstić information content (AvgIpc) is 3.34. The van der Waals surface area contributed by atoms with Gasteiger partial charge in [0, 0.05) is 30.4 Å². The Morgan fingerprint density at radius 1 is 1.16 bits per heavy atom. The summed E-state index contributed by atoms with van der Waals surface area (Å²) in [5.41, 5.74) is 1.65. The monoisotopic (exact) mass is 447 g/mol. The first kappa shape index (κ1) is 20.8. The van der Waals surface area contributed by atoms with Crippen molar-refractivity contribution < 1.29 is 5.11 Å². The molecule has 1 aromatic carbocycles. The molecule has 2 aromatic heterocycles. The molecule has 0 amide bonds. The van der Waals surface area contributed by atoms with Crippen LogP contribution in [0.15, 0.2) is 30.6 Å². The van der Waals surface area contributed by atoms with Gasteiger partial charge in [-0.05, 0) is 57.2 Å². The third-order valence-electron chi connectivity index (χ3n) is 6.79. The molecule has 8 nitrogen and oxygen atoms in total.